The van der Waals surface area contributed by atoms with Gasteiger partial charge in [0.2, 0.25) is 0 Å². The van der Waals surface area contributed by atoms with Crippen LogP contribution < -0.4 is 0 Å². The molecular formula is C21H24F2O4. The van der Waals surface area contributed by atoms with Crippen LogP contribution in [0.5, 0.6) is 0 Å². The molecule has 0 heterocycles. The van der Waals surface area contributed by atoms with Crippen molar-refractivity contribution in [3.8, 4) is 0 Å². The Balaban J connectivity index is 1.86. The second kappa shape index (κ2) is 5.45. The molecular weight excluding hydrogens is 354 g/mol. The Bertz CT molecular complexity index is 817. The molecule has 7 atom stereocenters. The van der Waals surface area contributed by atoms with Crippen molar-refractivity contribution in [2.45, 2.75) is 50.6 Å². The van der Waals surface area contributed by atoms with E-state index in [-0.39, 0.29) is 24.2 Å². The predicted molar refractivity (Wildman–Crippen MR) is 94.2 cm³/mol. The molecule has 0 aromatic carbocycles. The molecule has 0 bridgehead atoms. The Morgan fingerprint density at radius 1 is 1.26 bits per heavy atom. The highest BCUT2D eigenvalue weighted by Crippen LogP contribution is 2.67. The minimum atomic E-state index is -1.92. The Hall–Kier alpha value is -1.66. The number of halogens is 2. The quantitative estimate of drug-likeness (QED) is 0.724. The zero-order chi connectivity index (χ0) is 19.8. The number of alkyl halides is 2. The van der Waals surface area contributed by atoms with Gasteiger partial charge in [-0.25, -0.2) is 8.78 Å². The highest BCUT2D eigenvalue weighted by molar-refractivity contribution is 6.01. The van der Waals surface area contributed by atoms with Crippen molar-refractivity contribution in [2.75, 3.05) is 6.61 Å². The van der Waals surface area contributed by atoms with E-state index in [9.17, 15) is 19.8 Å². The molecule has 4 aliphatic rings. The van der Waals surface area contributed by atoms with E-state index in [2.05, 4.69) is 0 Å². The fraction of sp³-hybridized carbons (Fsp3) is 0.619. The van der Waals surface area contributed by atoms with Gasteiger partial charge < -0.3 is 10.2 Å². The summed E-state index contributed by atoms with van der Waals surface area (Å²) in [7, 11) is 0. The van der Waals surface area contributed by atoms with Gasteiger partial charge in [-0.15, -0.1) is 0 Å². The molecule has 4 rings (SSSR count). The Labute approximate surface area is 156 Å². The molecule has 0 spiro atoms. The maximum atomic E-state index is 16.5. The zero-order valence-electron chi connectivity index (χ0n) is 15.4. The van der Waals surface area contributed by atoms with E-state index >= 15 is 8.78 Å². The van der Waals surface area contributed by atoms with Crippen LogP contribution >= 0.6 is 0 Å². The van der Waals surface area contributed by atoms with E-state index in [0.717, 1.165) is 0 Å². The number of rotatable bonds is 2. The lowest BCUT2D eigenvalue weighted by Crippen LogP contribution is -2.62. The van der Waals surface area contributed by atoms with Crippen LogP contribution in [0.25, 0.3) is 0 Å². The standard InChI is InChI=1S/C21H24F2O4/c1-18-5-3-12(25)9-15(18)16(22)10-14-13-4-6-21(27,17(26)11-24)19(13,2)7-8-20(14,18)23/h3,5,7-9,13-14,16,24,27H,4,6,10-11H2,1-2H3/t13-,14-,16-,18-,19-,20+,21-/m0/s1. The lowest BCUT2D eigenvalue weighted by Gasteiger charge is -2.58. The number of aliphatic hydroxyl groups is 2. The van der Waals surface area contributed by atoms with Crippen molar-refractivity contribution < 1.29 is 28.6 Å². The topological polar surface area (TPSA) is 74.6 Å². The summed E-state index contributed by atoms with van der Waals surface area (Å²) in [5, 5.41) is 20.3. The zero-order valence-corrected chi connectivity index (χ0v) is 15.4. The minimum Gasteiger partial charge on any atom is -0.388 e. The molecule has 0 saturated heterocycles. The number of carbonyl (C=O) groups is 2. The summed E-state index contributed by atoms with van der Waals surface area (Å²) in [5.41, 5.74) is -5.91. The van der Waals surface area contributed by atoms with Gasteiger partial charge in [-0.1, -0.05) is 19.1 Å². The number of allylic oxidation sites excluding steroid dienone is 5. The molecule has 4 aliphatic carbocycles. The van der Waals surface area contributed by atoms with Crippen molar-refractivity contribution in [3.05, 3.63) is 36.0 Å². The van der Waals surface area contributed by atoms with Crippen LogP contribution in [0.2, 0.25) is 0 Å². The van der Waals surface area contributed by atoms with Crippen LogP contribution in [0.15, 0.2) is 36.0 Å². The molecule has 0 aliphatic heterocycles. The maximum absolute atomic E-state index is 16.5. The van der Waals surface area contributed by atoms with Gasteiger partial charge in [-0.3, -0.25) is 9.59 Å². The first kappa shape index (κ1) is 18.7. The number of carbonyl (C=O) groups excluding carboxylic acids is 2. The van der Waals surface area contributed by atoms with E-state index < -0.39 is 52.5 Å². The van der Waals surface area contributed by atoms with Crippen LogP contribution in [-0.2, 0) is 9.59 Å². The van der Waals surface area contributed by atoms with Gasteiger partial charge in [0, 0.05) is 16.7 Å². The first-order valence-electron chi connectivity index (χ1n) is 9.39. The first-order chi connectivity index (χ1) is 12.5. The molecule has 2 fully saturated rings. The summed E-state index contributed by atoms with van der Waals surface area (Å²) in [4.78, 5) is 24.0. The summed E-state index contributed by atoms with van der Waals surface area (Å²) in [6.07, 6.45) is 5.74. The average molecular weight is 378 g/mol. The lowest BCUT2D eigenvalue weighted by atomic mass is 9.48. The molecule has 146 valence electrons. The SMILES string of the molecule is C[C@]12C=CC(=O)C=C1[C@@H](F)C[C@H]1[C@@H]3CC[C@](O)(C(=O)CO)[C@@]3(C)C=C[C@@]12F. The summed E-state index contributed by atoms with van der Waals surface area (Å²) >= 11 is 0. The second-order valence-electron chi connectivity index (χ2n) is 8.82. The van der Waals surface area contributed by atoms with Gasteiger partial charge in [-0.05, 0) is 55.9 Å². The molecule has 27 heavy (non-hydrogen) atoms. The Kier molecular flexibility index (Phi) is 3.77. The number of fused-ring (bicyclic) bond motifs is 5. The van der Waals surface area contributed by atoms with E-state index in [0.29, 0.717) is 6.42 Å². The van der Waals surface area contributed by atoms with Crippen molar-refractivity contribution in [1.29, 1.82) is 0 Å². The third-order valence-electron chi connectivity index (χ3n) is 7.85. The van der Waals surface area contributed by atoms with Gasteiger partial charge >= 0.3 is 0 Å². The van der Waals surface area contributed by atoms with Gasteiger partial charge in [0.1, 0.15) is 24.0 Å². The number of hydrogen-bond donors (Lipinski definition) is 2. The van der Waals surface area contributed by atoms with Crippen LogP contribution in [0.1, 0.15) is 33.1 Å². The van der Waals surface area contributed by atoms with E-state index in [1.807, 2.05) is 0 Å². The first-order valence-corrected chi connectivity index (χ1v) is 9.39. The monoisotopic (exact) mass is 378 g/mol. The van der Waals surface area contributed by atoms with Crippen LogP contribution in [0.3, 0.4) is 0 Å². The Morgan fingerprint density at radius 2 is 1.96 bits per heavy atom. The van der Waals surface area contributed by atoms with Crippen LogP contribution in [0, 0.1) is 22.7 Å². The Morgan fingerprint density at radius 3 is 2.63 bits per heavy atom. The van der Waals surface area contributed by atoms with Crippen LogP contribution in [-0.4, -0.2) is 45.8 Å². The molecule has 0 aromatic heterocycles. The molecule has 0 aromatic rings. The van der Waals surface area contributed by atoms with Gasteiger partial charge in [-0.2, -0.15) is 0 Å². The average Bonchev–Trinajstić information content (AvgIpc) is 2.91. The molecule has 4 nitrogen and oxygen atoms in total. The summed E-state index contributed by atoms with van der Waals surface area (Å²) in [6.45, 7) is 2.50. The number of ketones is 2. The van der Waals surface area contributed by atoms with Crippen molar-refractivity contribution in [2.24, 2.45) is 22.7 Å². The normalized spacial score (nSPS) is 50.7. The van der Waals surface area contributed by atoms with Crippen molar-refractivity contribution in [3.63, 3.8) is 0 Å². The van der Waals surface area contributed by atoms with Gasteiger partial charge in [0.25, 0.3) is 0 Å². The smallest absolute Gasteiger partial charge is 0.190 e. The highest BCUT2D eigenvalue weighted by Gasteiger charge is 2.70. The van der Waals surface area contributed by atoms with Gasteiger partial charge in [0.15, 0.2) is 11.6 Å². The lowest BCUT2D eigenvalue weighted by molar-refractivity contribution is -0.155. The van der Waals surface area contributed by atoms with Crippen molar-refractivity contribution >= 4 is 11.6 Å². The maximum Gasteiger partial charge on any atom is 0.190 e. The van der Waals surface area contributed by atoms with Gasteiger partial charge in [0.05, 0.1) is 0 Å². The number of aliphatic hydroxyl groups excluding tert-OH is 1. The molecule has 2 saturated carbocycles. The largest absolute Gasteiger partial charge is 0.388 e. The molecule has 0 unspecified atom stereocenters. The molecule has 6 heteroatoms. The molecule has 0 radical (unpaired) electrons. The predicted octanol–water partition coefficient (Wildman–Crippen LogP) is 2.40. The summed E-state index contributed by atoms with van der Waals surface area (Å²) in [6, 6.07) is 0. The van der Waals surface area contributed by atoms with E-state index in [1.165, 1.54) is 24.3 Å². The summed E-state index contributed by atoms with van der Waals surface area (Å²) in [5.74, 6) is -2.23. The van der Waals surface area contributed by atoms with Crippen LogP contribution in [0.4, 0.5) is 8.78 Å². The summed E-state index contributed by atoms with van der Waals surface area (Å²) < 4.78 is 31.6. The van der Waals surface area contributed by atoms with Crippen molar-refractivity contribution in [1.82, 2.24) is 0 Å². The fourth-order valence-corrected chi connectivity index (χ4v) is 6.11. The van der Waals surface area contributed by atoms with E-state index in [4.69, 9.17) is 0 Å². The third-order valence-corrected chi connectivity index (χ3v) is 7.85. The van der Waals surface area contributed by atoms with E-state index in [1.54, 1.807) is 19.9 Å². The molecule has 2 N–H and O–H groups in total. The second-order valence-corrected chi connectivity index (χ2v) is 8.82. The minimum absolute atomic E-state index is 0.104. The number of Topliss-reactive ketones (excluding diaryl/α,β-unsaturated/α-hetero) is 1. The highest BCUT2D eigenvalue weighted by atomic mass is 19.1. The fourth-order valence-electron chi connectivity index (χ4n) is 6.11. The third kappa shape index (κ3) is 2.03. The molecule has 0 amide bonds. The number of hydrogen-bond acceptors (Lipinski definition) is 4.